The number of nitrogens with one attached hydrogen (secondary N) is 1. The van der Waals surface area contributed by atoms with Gasteiger partial charge in [-0.2, -0.15) is 0 Å². The number of rotatable bonds is 7. The van der Waals surface area contributed by atoms with E-state index < -0.39 is 0 Å². The molecule has 0 radical (unpaired) electrons. The molecule has 0 aliphatic rings. The molecule has 0 atom stereocenters. The second-order valence-electron chi connectivity index (χ2n) is 4.63. The molecule has 106 valence electrons. The van der Waals surface area contributed by atoms with E-state index in [9.17, 15) is 9.18 Å². The summed E-state index contributed by atoms with van der Waals surface area (Å²) in [5.41, 5.74) is 0.778. The number of hydrogen-bond acceptors (Lipinski definition) is 1. The Morgan fingerprint density at radius 1 is 1.26 bits per heavy atom. The number of carbonyl (C=O) groups excluding carboxylic acids is 1. The fourth-order valence-corrected chi connectivity index (χ4v) is 1.87. The molecule has 0 saturated heterocycles. The minimum Gasteiger partial charge on any atom is -0.334 e. The van der Waals surface area contributed by atoms with Gasteiger partial charge in [0.25, 0.3) is 0 Å². The molecule has 1 aromatic carbocycles. The molecule has 2 amide bonds. The van der Waals surface area contributed by atoms with E-state index in [0.29, 0.717) is 6.54 Å². The number of urea groups is 1. The second-order valence-corrected chi connectivity index (χ2v) is 4.63. The Morgan fingerprint density at radius 3 is 2.68 bits per heavy atom. The van der Waals surface area contributed by atoms with Crippen molar-refractivity contribution in [3.8, 4) is 0 Å². The normalized spacial score (nSPS) is 10.3. The lowest BCUT2D eigenvalue weighted by Crippen LogP contribution is -2.40. The summed E-state index contributed by atoms with van der Waals surface area (Å²) >= 11 is 0. The van der Waals surface area contributed by atoms with E-state index in [4.69, 9.17) is 0 Å². The number of nitrogens with zero attached hydrogens (tertiary/aromatic N) is 1. The SMILES string of the molecule is CCCCN(CCC)C(=O)NCc1cccc(F)c1. The first-order valence-corrected chi connectivity index (χ1v) is 6.94. The van der Waals surface area contributed by atoms with Crippen molar-refractivity contribution in [2.45, 2.75) is 39.7 Å². The zero-order chi connectivity index (χ0) is 14.1. The molecule has 1 N–H and O–H groups in total. The highest BCUT2D eigenvalue weighted by Crippen LogP contribution is 2.04. The highest BCUT2D eigenvalue weighted by atomic mass is 19.1. The maximum absolute atomic E-state index is 13.0. The van der Waals surface area contributed by atoms with Gasteiger partial charge in [0.15, 0.2) is 0 Å². The molecule has 0 saturated carbocycles. The average molecular weight is 266 g/mol. The molecule has 0 aromatic heterocycles. The Labute approximate surface area is 114 Å². The molecule has 1 rings (SSSR count). The topological polar surface area (TPSA) is 32.3 Å². The highest BCUT2D eigenvalue weighted by molar-refractivity contribution is 5.74. The van der Waals surface area contributed by atoms with Gasteiger partial charge in [-0.3, -0.25) is 0 Å². The third kappa shape index (κ3) is 5.73. The Morgan fingerprint density at radius 2 is 2.05 bits per heavy atom. The van der Waals surface area contributed by atoms with Gasteiger partial charge in [-0.05, 0) is 30.5 Å². The molecular formula is C15H23FN2O. The minimum atomic E-state index is -0.275. The van der Waals surface area contributed by atoms with Gasteiger partial charge in [-0.1, -0.05) is 32.4 Å². The molecule has 3 nitrogen and oxygen atoms in total. The van der Waals surface area contributed by atoms with E-state index >= 15 is 0 Å². The van der Waals surface area contributed by atoms with Gasteiger partial charge < -0.3 is 10.2 Å². The van der Waals surface area contributed by atoms with Gasteiger partial charge in [-0.25, -0.2) is 9.18 Å². The summed E-state index contributed by atoms with van der Waals surface area (Å²) in [6.45, 7) is 6.06. The predicted octanol–water partition coefficient (Wildman–Crippen LogP) is 3.55. The van der Waals surface area contributed by atoms with Crippen molar-refractivity contribution in [1.82, 2.24) is 10.2 Å². The Balaban J connectivity index is 2.47. The van der Waals surface area contributed by atoms with Crippen LogP contribution in [-0.4, -0.2) is 24.0 Å². The van der Waals surface area contributed by atoms with Crippen LogP contribution < -0.4 is 5.32 Å². The largest absolute Gasteiger partial charge is 0.334 e. The summed E-state index contributed by atoms with van der Waals surface area (Å²) in [5.74, 6) is -0.275. The van der Waals surface area contributed by atoms with E-state index in [1.165, 1.54) is 12.1 Å². The molecule has 1 aromatic rings. The fourth-order valence-electron chi connectivity index (χ4n) is 1.87. The second kappa shape index (κ2) is 8.51. The van der Waals surface area contributed by atoms with Gasteiger partial charge >= 0.3 is 6.03 Å². The van der Waals surface area contributed by atoms with Crippen LogP contribution in [0, 0.1) is 5.82 Å². The number of unbranched alkanes of at least 4 members (excludes halogenated alkanes) is 1. The lowest BCUT2D eigenvalue weighted by Gasteiger charge is -2.22. The molecular weight excluding hydrogens is 243 g/mol. The maximum Gasteiger partial charge on any atom is 0.317 e. The zero-order valence-electron chi connectivity index (χ0n) is 11.8. The lowest BCUT2D eigenvalue weighted by atomic mass is 10.2. The summed E-state index contributed by atoms with van der Waals surface area (Å²) < 4.78 is 13.0. The van der Waals surface area contributed by atoms with Crippen LogP contribution in [0.1, 0.15) is 38.7 Å². The number of carbonyl (C=O) groups is 1. The van der Waals surface area contributed by atoms with Gasteiger partial charge in [0, 0.05) is 19.6 Å². The standard InChI is InChI=1S/C15H23FN2O/c1-3-5-10-18(9-4-2)15(19)17-12-13-7-6-8-14(16)11-13/h6-8,11H,3-5,9-10,12H2,1-2H3,(H,17,19). The average Bonchev–Trinajstić information content (AvgIpc) is 2.41. The zero-order valence-corrected chi connectivity index (χ0v) is 11.8. The van der Waals surface area contributed by atoms with Crippen LogP contribution in [0.25, 0.3) is 0 Å². The molecule has 0 spiro atoms. The van der Waals surface area contributed by atoms with Crippen molar-refractivity contribution in [1.29, 1.82) is 0 Å². The number of amides is 2. The first-order valence-electron chi connectivity index (χ1n) is 6.94. The van der Waals surface area contributed by atoms with Crippen LogP contribution in [0.4, 0.5) is 9.18 Å². The number of benzene rings is 1. The lowest BCUT2D eigenvalue weighted by molar-refractivity contribution is 0.196. The van der Waals surface area contributed by atoms with Gasteiger partial charge in [0.2, 0.25) is 0 Å². The molecule has 0 fully saturated rings. The first kappa shape index (κ1) is 15.5. The molecule has 19 heavy (non-hydrogen) atoms. The molecule has 0 aliphatic heterocycles. The minimum absolute atomic E-state index is 0.0699. The smallest absolute Gasteiger partial charge is 0.317 e. The third-order valence-corrected chi connectivity index (χ3v) is 2.90. The van der Waals surface area contributed by atoms with Crippen molar-refractivity contribution in [2.24, 2.45) is 0 Å². The molecule has 0 aliphatic carbocycles. The van der Waals surface area contributed by atoms with Crippen LogP contribution in [0.3, 0.4) is 0 Å². The Hall–Kier alpha value is -1.58. The molecule has 0 unspecified atom stereocenters. The monoisotopic (exact) mass is 266 g/mol. The van der Waals surface area contributed by atoms with Crippen molar-refractivity contribution in [2.75, 3.05) is 13.1 Å². The van der Waals surface area contributed by atoms with Gasteiger partial charge in [-0.15, -0.1) is 0 Å². The van der Waals surface area contributed by atoms with Gasteiger partial charge in [0.1, 0.15) is 5.82 Å². The first-order chi connectivity index (χ1) is 9.17. The highest BCUT2D eigenvalue weighted by Gasteiger charge is 2.11. The summed E-state index contributed by atoms with van der Waals surface area (Å²) in [6.07, 6.45) is 3.02. The van der Waals surface area contributed by atoms with Crippen LogP contribution in [0.5, 0.6) is 0 Å². The quantitative estimate of drug-likeness (QED) is 0.804. The third-order valence-electron chi connectivity index (χ3n) is 2.90. The maximum atomic E-state index is 13.0. The number of hydrogen-bond donors (Lipinski definition) is 1. The fraction of sp³-hybridized carbons (Fsp3) is 0.533. The van der Waals surface area contributed by atoms with E-state index in [0.717, 1.165) is 37.9 Å². The molecule has 0 heterocycles. The van der Waals surface area contributed by atoms with E-state index in [-0.39, 0.29) is 11.8 Å². The van der Waals surface area contributed by atoms with Crippen molar-refractivity contribution in [3.05, 3.63) is 35.6 Å². The van der Waals surface area contributed by atoms with Crippen molar-refractivity contribution < 1.29 is 9.18 Å². The summed E-state index contributed by atoms with van der Waals surface area (Å²) in [4.78, 5) is 13.8. The Bertz CT molecular complexity index is 395. The van der Waals surface area contributed by atoms with E-state index in [1.807, 2.05) is 4.90 Å². The van der Waals surface area contributed by atoms with Crippen LogP contribution >= 0.6 is 0 Å². The summed E-state index contributed by atoms with van der Waals surface area (Å²) in [6, 6.07) is 6.23. The van der Waals surface area contributed by atoms with Crippen LogP contribution in [0.15, 0.2) is 24.3 Å². The van der Waals surface area contributed by atoms with Crippen LogP contribution in [0.2, 0.25) is 0 Å². The van der Waals surface area contributed by atoms with Crippen molar-refractivity contribution >= 4 is 6.03 Å². The van der Waals surface area contributed by atoms with Crippen LogP contribution in [-0.2, 0) is 6.54 Å². The number of halogens is 1. The van der Waals surface area contributed by atoms with E-state index in [2.05, 4.69) is 19.2 Å². The van der Waals surface area contributed by atoms with Crippen molar-refractivity contribution in [3.63, 3.8) is 0 Å². The summed E-state index contributed by atoms with van der Waals surface area (Å²) in [7, 11) is 0. The van der Waals surface area contributed by atoms with Gasteiger partial charge in [0.05, 0.1) is 0 Å². The molecule has 0 bridgehead atoms. The Kier molecular flexibility index (Phi) is 6.93. The predicted molar refractivity (Wildman–Crippen MR) is 75.4 cm³/mol. The summed E-state index contributed by atoms with van der Waals surface area (Å²) in [5, 5.41) is 2.84. The van der Waals surface area contributed by atoms with E-state index in [1.54, 1.807) is 12.1 Å². The molecule has 4 heteroatoms.